The summed E-state index contributed by atoms with van der Waals surface area (Å²) in [5.41, 5.74) is -0.403. The molecule has 0 radical (unpaired) electrons. The summed E-state index contributed by atoms with van der Waals surface area (Å²) in [4.78, 5) is 14.7. The van der Waals surface area contributed by atoms with Crippen molar-refractivity contribution >= 4 is 0 Å². The van der Waals surface area contributed by atoms with Crippen LogP contribution < -0.4 is 10.3 Å². The number of aliphatic hydroxyl groups excluding tert-OH is 2. The van der Waals surface area contributed by atoms with Gasteiger partial charge in [-0.1, -0.05) is 0 Å². The maximum atomic E-state index is 11.0. The molecule has 0 amide bonds. The summed E-state index contributed by atoms with van der Waals surface area (Å²) in [5.74, 6) is 0. The second-order valence-corrected chi connectivity index (χ2v) is 3.78. The Kier molecular flexibility index (Phi) is 2.00. The van der Waals surface area contributed by atoms with Crippen LogP contribution in [-0.4, -0.2) is 44.7 Å². The highest BCUT2D eigenvalue weighted by Gasteiger charge is 2.50. The second kappa shape index (κ2) is 3.27. The number of hydrogen-bond acceptors (Lipinski definition) is 6. The van der Waals surface area contributed by atoms with Crippen molar-refractivity contribution in [2.75, 3.05) is 6.61 Å². The van der Waals surface area contributed by atoms with E-state index >= 15 is 0 Å². The predicted octanol–water partition coefficient (Wildman–Crippen LogP) is -1.75. The number of aliphatic hydroxyl groups is 2. The largest absolute Gasteiger partial charge is 0.453 e. The number of aromatic nitrogens is 2. The van der Waals surface area contributed by atoms with Crippen LogP contribution in [0.2, 0.25) is 0 Å². The first-order chi connectivity index (χ1) is 7.70. The molecule has 3 heterocycles. The lowest BCUT2D eigenvalue weighted by molar-refractivity contribution is -0.0434. The van der Waals surface area contributed by atoms with E-state index in [1.165, 1.54) is 16.8 Å². The van der Waals surface area contributed by atoms with Crippen molar-refractivity contribution in [3.63, 3.8) is 0 Å². The molecule has 1 aromatic heterocycles. The molecule has 7 nitrogen and oxygen atoms in total. The van der Waals surface area contributed by atoms with Crippen LogP contribution in [-0.2, 0) is 4.74 Å². The fourth-order valence-corrected chi connectivity index (χ4v) is 2.02. The van der Waals surface area contributed by atoms with E-state index in [-0.39, 0.29) is 12.6 Å². The van der Waals surface area contributed by atoms with Crippen LogP contribution >= 0.6 is 0 Å². The van der Waals surface area contributed by atoms with Gasteiger partial charge < -0.3 is 19.7 Å². The van der Waals surface area contributed by atoms with Crippen LogP contribution in [0.15, 0.2) is 17.1 Å². The molecule has 2 N–H and O–H groups in total. The summed E-state index contributed by atoms with van der Waals surface area (Å²) in [6, 6.07) is 1.43. The maximum Gasteiger partial charge on any atom is 0.302 e. The Morgan fingerprint density at radius 2 is 2.38 bits per heavy atom. The van der Waals surface area contributed by atoms with Gasteiger partial charge in [0, 0.05) is 12.3 Å². The lowest BCUT2D eigenvalue weighted by atomic mass is 10.1. The minimum Gasteiger partial charge on any atom is -0.453 e. The third-order valence-corrected chi connectivity index (χ3v) is 2.81. The molecule has 1 saturated heterocycles. The highest BCUT2D eigenvalue weighted by molar-refractivity contribution is 5.10. The smallest absolute Gasteiger partial charge is 0.302 e. The van der Waals surface area contributed by atoms with Crippen molar-refractivity contribution in [2.24, 2.45) is 0 Å². The zero-order chi connectivity index (χ0) is 11.3. The molecule has 4 atom stereocenters. The molecule has 1 fully saturated rings. The van der Waals surface area contributed by atoms with Crippen LogP contribution in [0.3, 0.4) is 0 Å². The van der Waals surface area contributed by atoms with Crippen molar-refractivity contribution in [3.05, 3.63) is 22.6 Å². The van der Waals surface area contributed by atoms with E-state index in [1.54, 1.807) is 0 Å². The first kappa shape index (κ1) is 9.76. The number of ether oxygens (including phenoxy) is 2. The van der Waals surface area contributed by atoms with Crippen molar-refractivity contribution in [2.45, 2.75) is 24.5 Å². The average Bonchev–Trinajstić information content (AvgIpc) is 2.75. The summed E-state index contributed by atoms with van der Waals surface area (Å²) >= 11 is 0. The third-order valence-electron chi connectivity index (χ3n) is 2.81. The Morgan fingerprint density at radius 1 is 1.56 bits per heavy atom. The zero-order valence-electron chi connectivity index (χ0n) is 8.18. The van der Waals surface area contributed by atoms with E-state index in [1.807, 2.05) is 0 Å². The predicted molar refractivity (Wildman–Crippen MR) is 49.9 cm³/mol. The monoisotopic (exact) mass is 226 g/mol. The maximum absolute atomic E-state index is 11.0. The van der Waals surface area contributed by atoms with Gasteiger partial charge in [-0.2, -0.15) is 4.98 Å². The van der Waals surface area contributed by atoms with Gasteiger partial charge in [-0.15, -0.1) is 0 Å². The van der Waals surface area contributed by atoms with E-state index in [0.29, 0.717) is 0 Å². The van der Waals surface area contributed by atoms with E-state index < -0.39 is 30.1 Å². The molecule has 3 rings (SSSR count). The molecule has 7 heteroatoms. The van der Waals surface area contributed by atoms with Gasteiger partial charge in [0.2, 0.25) is 0 Å². The third kappa shape index (κ3) is 1.19. The van der Waals surface area contributed by atoms with Crippen molar-refractivity contribution < 1.29 is 19.7 Å². The van der Waals surface area contributed by atoms with Gasteiger partial charge in [-0.05, 0) is 0 Å². The molecule has 2 aliphatic rings. The summed E-state index contributed by atoms with van der Waals surface area (Å²) in [6.45, 7) is -0.277. The first-order valence-electron chi connectivity index (χ1n) is 4.91. The molecule has 0 bridgehead atoms. The van der Waals surface area contributed by atoms with E-state index in [9.17, 15) is 9.90 Å². The topological polar surface area (TPSA) is 93.8 Å². The number of rotatable bonds is 1. The summed E-state index contributed by atoms with van der Waals surface area (Å²) in [6.07, 6.45) is -1.24. The molecule has 2 aliphatic heterocycles. The van der Waals surface area contributed by atoms with E-state index in [0.717, 1.165) is 0 Å². The Balaban J connectivity index is 1.99. The Bertz CT molecular complexity index is 473. The highest BCUT2D eigenvalue weighted by Crippen LogP contribution is 2.38. The van der Waals surface area contributed by atoms with Gasteiger partial charge in [-0.3, -0.25) is 9.36 Å². The molecular weight excluding hydrogens is 216 g/mol. The van der Waals surface area contributed by atoms with Crippen LogP contribution in [0.5, 0.6) is 6.01 Å². The molecule has 0 saturated carbocycles. The Morgan fingerprint density at radius 3 is 3.12 bits per heavy atom. The van der Waals surface area contributed by atoms with Gasteiger partial charge in [0.15, 0.2) is 12.3 Å². The quantitative estimate of drug-likeness (QED) is 0.590. The van der Waals surface area contributed by atoms with Crippen LogP contribution in [0.1, 0.15) is 6.23 Å². The highest BCUT2D eigenvalue weighted by atomic mass is 16.6. The fourth-order valence-electron chi connectivity index (χ4n) is 2.02. The molecule has 86 valence electrons. The molecule has 16 heavy (non-hydrogen) atoms. The van der Waals surface area contributed by atoms with Crippen molar-refractivity contribution in [1.82, 2.24) is 9.55 Å². The molecular formula is C9H10N2O5. The average molecular weight is 226 g/mol. The Hall–Kier alpha value is -1.44. The Labute approximate surface area is 89.9 Å². The number of hydrogen-bond donors (Lipinski definition) is 2. The first-order valence-corrected chi connectivity index (χ1v) is 4.91. The molecule has 1 aromatic rings. The van der Waals surface area contributed by atoms with Gasteiger partial charge in [0.05, 0.1) is 6.61 Å². The van der Waals surface area contributed by atoms with Gasteiger partial charge in [-0.25, -0.2) is 0 Å². The molecule has 0 spiro atoms. The minimum absolute atomic E-state index is 0.137. The van der Waals surface area contributed by atoms with Crippen LogP contribution in [0.4, 0.5) is 0 Å². The lowest BCUT2D eigenvalue weighted by Gasteiger charge is -2.13. The molecule has 0 unspecified atom stereocenters. The van der Waals surface area contributed by atoms with Gasteiger partial charge in [0.25, 0.3) is 5.56 Å². The summed E-state index contributed by atoms with van der Waals surface area (Å²) in [7, 11) is 0. The van der Waals surface area contributed by atoms with Crippen LogP contribution in [0.25, 0.3) is 0 Å². The zero-order valence-corrected chi connectivity index (χ0v) is 8.18. The molecule has 0 aliphatic carbocycles. The van der Waals surface area contributed by atoms with Crippen molar-refractivity contribution in [3.8, 4) is 6.01 Å². The molecule has 0 aromatic carbocycles. The number of fused-ring (bicyclic) bond motifs is 3. The SMILES string of the molecule is O=c1ccn2c(n1)O[C@H]1[C@@H](O)[C@H](CO)O[C@H]12. The second-order valence-electron chi connectivity index (χ2n) is 3.78. The van der Waals surface area contributed by atoms with Gasteiger partial charge in [0.1, 0.15) is 12.2 Å². The van der Waals surface area contributed by atoms with E-state index in [2.05, 4.69) is 4.98 Å². The normalized spacial score (nSPS) is 35.6. The van der Waals surface area contributed by atoms with Gasteiger partial charge >= 0.3 is 6.01 Å². The minimum atomic E-state index is -0.924. The standard InChI is InChI=1S/C9H10N2O5/c12-3-4-6(14)7-8(15-4)11-2-1-5(13)10-9(11)16-7/h1-2,4,6-8,12,14H,3H2/t4-,6-,7-,8+/m0/s1. The summed E-state index contributed by atoms with van der Waals surface area (Å²) < 4.78 is 12.3. The van der Waals surface area contributed by atoms with E-state index in [4.69, 9.17) is 14.6 Å². The summed E-state index contributed by atoms with van der Waals surface area (Å²) in [5, 5.41) is 18.7. The lowest BCUT2D eigenvalue weighted by Crippen LogP contribution is -2.34. The fraction of sp³-hybridized carbons (Fsp3) is 0.556. The number of nitrogens with zero attached hydrogens (tertiary/aromatic N) is 2. The van der Waals surface area contributed by atoms with Crippen molar-refractivity contribution in [1.29, 1.82) is 0 Å². The van der Waals surface area contributed by atoms with Crippen LogP contribution in [0, 0.1) is 0 Å².